The molecule has 1 aliphatic rings. The minimum absolute atomic E-state index is 0.0349. The van der Waals surface area contributed by atoms with E-state index in [1.807, 2.05) is 0 Å². The second kappa shape index (κ2) is 5.31. The molecule has 2 amide bonds. The Morgan fingerprint density at radius 3 is 2.87 bits per heavy atom. The summed E-state index contributed by atoms with van der Waals surface area (Å²) in [6.45, 7) is 4.56. The second-order valence-corrected chi connectivity index (χ2v) is 3.10. The topological polar surface area (TPSA) is 58.6 Å². The van der Waals surface area contributed by atoms with Crippen molar-refractivity contribution in [3.63, 3.8) is 0 Å². The van der Waals surface area contributed by atoms with Gasteiger partial charge in [0.05, 0.1) is 0 Å². The molecule has 15 heavy (non-hydrogen) atoms. The molecule has 0 aromatic rings. The quantitative estimate of drug-likeness (QED) is 0.675. The van der Waals surface area contributed by atoms with Gasteiger partial charge in [-0.3, -0.25) is 9.59 Å². The van der Waals surface area contributed by atoms with Gasteiger partial charge in [0, 0.05) is 32.0 Å². The molecule has 82 valence electrons. The Bertz CT molecular complexity index is 292. The van der Waals surface area contributed by atoms with Gasteiger partial charge in [-0.2, -0.15) is 0 Å². The van der Waals surface area contributed by atoms with E-state index in [2.05, 4.69) is 16.6 Å². The lowest BCUT2D eigenvalue weighted by Crippen LogP contribution is -2.36. The van der Waals surface area contributed by atoms with Gasteiger partial charge in [0.2, 0.25) is 5.91 Å². The van der Waals surface area contributed by atoms with Gasteiger partial charge in [0.25, 0.3) is 5.91 Å². The highest BCUT2D eigenvalue weighted by Crippen LogP contribution is 2.11. The van der Waals surface area contributed by atoms with Gasteiger partial charge in [0.1, 0.15) is 6.61 Å². The Morgan fingerprint density at radius 2 is 2.33 bits per heavy atom. The SMILES string of the molecule is C=C1C=CC(=O)N1CCNC(=O)COC. The second-order valence-electron chi connectivity index (χ2n) is 3.10. The first-order chi connectivity index (χ1) is 7.15. The van der Waals surface area contributed by atoms with Crippen molar-refractivity contribution >= 4 is 11.8 Å². The molecule has 0 saturated carbocycles. The molecule has 5 heteroatoms. The van der Waals surface area contributed by atoms with Crippen LogP contribution in [-0.2, 0) is 14.3 Å². The molecule has 1 N–H and O–H groups in total. The molecule has 0 unspecified atom stereocenters. The number of nitrogens with zero attached hydrogens (tertiary/aromatic N) is 1. The molecule has 0 saturated heterocycles. The van der Waals surface area contributed by atoms with Crippen LogP contribution >= 0.6 is 0 Å². The highest BCUT2D eigenvalue weighted by molar-refractivity contribution is 5.93. The van der Waals surface area contributed by atoms with E-state index in [9.17, 15) is 9.59 Å². The Hall–Kier alpha value is -1.62. The monoisotopic (exact) mass is 210 g/mol. The van der Waals surface area contributed by atoms with E-state index in [-0.39, 0.29) is 18.4 Å². The lowest BCUT2D eigenvalue weighted by molar-refractivity contribution is -0.126. The lowest BCUT2D eigenvalue weighted by atomic mass is 10.4. The summed E-state index contributed by atoms with van der Waals surface area (Å²) >= 11 is 0. The van der Waals surface area contributed by atoms with Crippen LogP contribution in [0.2, 0.25) is 0 Å². The number of rotatable bonds is 5. The summed E-state index contributed by atoms with van der Waals surface area (Å²) in [4.78, 5) is 23.7. The summed E-state index contributed by atoms with van der Waals surface area (Å²) in [5.41, 5.74) is 0.654. The summed E-state index contributed by atoms with van der Waals surface area (Å²) < 4.78 is 4.65. The van der Waals surface area contributed by atoms with E-state index in [1.165, 1.54) is 18.1 Å². The summed E-state index contributed by atoms with van der Waals surface area (Å²) in [5.74, 6) is -0.288. The van der Waals surface area contributed by atoms with Gasteiger partial charge in [-0.25, -0.2) is 0 Å². The highest BCUT2D eigenvalue weighted by Gasteiger charge is 2.17. The van der Waals surface area contributed by atoms with Gasteiger partial charge in [0.15, 0.2) is 0 Å². The van der Waals surface area contributed by atoms with Gasteiger partial charge >= 0.3 is 0 Å². The first-order valence-corrected chi connectivity index (χ1v) is 4.59. The first-order valence-electron chi connectivity index (χ1n) is 4.59. The fourth-order valence-corrected chi connectivity index (χ4v) is 1.23. The predicted molar refractivity (Wildman–Crippen MR) is 54.9 cm³/mol. The van der Waals surface area contributed by atoms with Gasteiger partial charge < -0.3 is 15.0 Å². The number of hydrogen-bond donors (Lipinski definition) is 1. The van der Waals surface area contributed by atoms with Crippen molar-refractivity contribution in [2.24, 2.45) is 0 Å². The van der Waals surface area contributed by atoms with Gasteiger partial charge in [-0.15, -0.1) is 0 Å². The fourth-order valence-electron chi connectivity index (χ4n) is 1.23. The number of allylic oxidation sites excluding steroid dienone is 1. The van der Waals surface area contributed by atoms with E-state index in [4.69, 9.17) is 0 Å². The minimum Gasteiger partial charge on any atom is -0.375 e. The Morgan fingerprint density at radius 1 is 1.60 bits per heavy atom. The number of amides is 2. The standard InChI is InChI=1S/C10H14N2O3/c1-8-3-4-10(14)12(8)6-5-11-9(13)7-15-2/h3-4H,1,5-7H2,2H3,(H,11,13). The van der Waals surface area contributed by atoms with Crippen LogP contribution in [0.4, 0.5) is 0 Å². The van der Waals surface area contributed by atoms with Crippen molar-refractivity contribution in [3.8, 4) is 0 Å². The van der Waals surface area contributed by atoms with Crippen molar-refractivity contribution in [1.29, 1.82) is 0 Å². The normalized spacial score (nSPS) is 14.9. The Kier molecular flexibility index (Phi) is 4.05. The maximum Gasteiger partial charge on any atom is 0.251 e. The zero-order chi connectivity index (χ0) is 11.3. The van der Waals surface area contributed by atoms with Crippen LogP contribution in [-0.4, -0.2) is 43.5 Å². The maximum atomic E-state index is 11.2. The number of methoxy groups -OCH3 is 1. The molecular weight excluding hydrogens is 196 g/mol. The molecule has 0 spiro atoms. The number of carbonyl (C=O) groups is 2. The molecule has 1 aliphatic heterocycles. The zero-order valence-corrected chi connectivity index (χ0v) is 8.66. The van der Waals surface area contributed by atoms with Crippen molar-refractivity contribution in [2.75, 3.05) is 26.8 Å². The molecule has 0 aromatic carbocycles. The van der Waals surface area contributed by atoms with Gasteiger partial charge in [-0.1, -0.05) is 6.58 Å². The smallest absolute Gasteiger partial charge is 0.251 e. The lowest BCUT2D eigenvalue weighted by Gasteiger charge is -2.17. The third-order valence-electron chi connectivity index (χ3n) is 1.96. The average molecular weight is 210 g/mol. The number of ether oxygens (including phenoxy) is 1. The Labute approximate surface area is 88.4 Å². The molecular formula is C10H14N2O3. The first kappa shape index (κ1) is 11.5. The third-order valence-corrected chi connectivity index (χ3v) is 1.96. The summed E-state index contributed by atoms with van der Waals surface area (Å²) in [6.07, 6.45) is 3.11. The molecule has 0 fully saturated rings. The summed E-state index contributed by atoms with van der Waals surface area (Å²) in [7, 11) is 1.45. The van der Waals surface area contributed by atoms with Gasteiger partial charge in [-0.05, 0) is 6.08 Å². The Balaban J connectivity index is 2.23. The van der Waals surface area contributed by atoms with E-state index in [0.717, 1.165) is 0 Å². The van der Waals surface area contributed by atoms with Crippen LogP contribution in [0.3, 0.4) is 0 Å². The predicted octanol–water partition coefficient (Wildman–Crippen LogP) is -0.339. The third kappa shape index (κ3) is 3.21. The number of nitrogens with one attached hydrogen (secondary N) is 1. The molecule has 0 aliphatic carbocycles. The van der Waals surface area contributed by atoms with E-state index >= 15 is 0 Å². The van der Waals surface area contributed by atoms with Crippen LogP contribution in [0.1, 0.15) is 0 Å². The minimum atomic E-state index is -0.192. The number of hydrogen-bond acceptors (Lipinski definition) is 3. The van der Waals surface area contributed by atoms with Crippen molar-refractivity contribution in [3.05, 3.63) is 24.4 Å². The van der Waals surface area contributed by atoms with Crippen LogP contribution in [0, 0.1) is 0 Å². The average Bonchev–Trinajstić information content (AvgIpc) is 2.49. The molecule has 0 bridgehead atoms. The number of carbonyl (C=O) groups excluding carboxylic acids is 2. The fraction of sp³-hybridized carbons (Fsp3) is 0.400. The molecule has 5 nitrogen and oxygen atoms in total. The molecule has 1 rings (SSSR count). The highest BCUT2D eigenvalue weighted by atomic mass is 16.5. The molecule has 0 aromatic heterocycles. The van der Waals surface area contributed by atoms with Crippen molar-refractivity contribution in [1.82, 2.24) is 10.2 Å². The van der Waals surface area contributed by atoms with E-state index in [1.54, 1.807) is 6.08 Å². The van der Waals surface area contributed by atoms with E-state index < -0.39 is 0 Å². The molecule has 0 radical (unpaired) electrons. The van der Waals surface area contributed by atoms with Crippen molar-refractivity contribution < 1.29 is 14.3 Å². The molecule has 0 atom stereocenters. The van der Waals surface area contributed by atoms with Crippen molar-refractivity contribution in [2.45, 2.75) is 0 Å². The molecule has 1 heterocycles. The van der Waals surface area contributed by atoms with E-state index in [0.29, 0.717) is 18.8 Å². The maximum absolute atomic E-state index is 11.2. The van der Waals surface area contributed by atoms with Crippen LogP contribution in [0.25, 0.3) is 0 Å². The van der Waals surface area contributed by atoms with Crippen LogP contribution in [0.15, 0.2) is 24.4 Å². The van der Waals surface area contributed by atoms with Crippen LogP contribution < -0.4 is 5.32 Å². The summed E-state index contributed by atoms with van der Waals surface area (Å²) in [5, 5.41) is 2.62. The zero-order valence-electron chi connectivity index (χ0n) is 8.66. The van der Waals surface area contributed by atoms with Crippen LogP contribution in [0.5, 0.6) is 0 Å². The summed E-state index contributed by atoms with van der Waals surface area (Å²) in [6, 6.07) is 0. The largest absolute Gasteiger partial charge is 0.375 e.